The van der Waals surface area contributed by atoms with E-state index in [9.17, 15) is 4.79 Å². The quantitative estimate of drug-likeness (QED) is 0.393. The van der Waals surface area contributed by atoms with Crippen LogP contribution in [-0.4, -0.2) is 55.0 Å². The number of carbonyl (C=O) groups is 1. The summed E-state index contributed by atoms with van der Waals surface area (Å²) < 4.78 is 5.77. The van der Waals surface area contributed by atoms with Gasteiger partial charge in [0, 0.05) is 39.6 Å². The highest BCUT2D eigenvalue weighted by Gasteiger charge is 2.22. The second-order valence-corrected chi connectivity index (χ2v) is 7.44. The van der Waals surface area contributed by atoms with Crippen LogP contribution in [0.2, 0.25) is 0 Å². The van der Waals surface area contributed by atoms with Gasteiger partial charge in [-0.25, -0.2) is 0 Å². The number of nitrogens with zero attached hydrogens (tertiary/aromatic N) is 3. The number of carbonyl (C=O) groups excluding carboxylic acids is 1. The predicted octanol–water partition coefficient (Wildman–Crippen LogP) is 3.29. The summed E-state index contributed by atoms with van der Waals surface area (Å²) in [6, 6.07) is 18.1. The molecule has 0 unspecified atom stereocenters. The van der Waals surface area contributed by atoms with Crippen molar-refractivity contribution in [3.05, 3.63) is 65.7 Å². The Hall–Kier alpha value is -3.02. The molecule has 1 aliphatic heterocycles. The minimum absolute atomic E-state index is 0.205. The highest BCUT2D eigenvalue weighted by molar-refractivity contribution is 5.80. The monoisotopic (exact) mass is 408 g/mol. The molecule has 0 spiro atoms. The Morgan fingerprint density at radius 1 is 1.10 bits per heavy atom. The summed E-state index contributed by atoms with van der Waals surface area (Å²) in [4.78, 5) is 21.2. The van der Waals surface area contributed by atoms with Crippen LogP contribution in [0.4, 0.5) is 0 Å². The Morgan fingerprint density at radius 3 is 2.43 bits per heavy atom. The van der Waals surface area contributed by atoms with Crippen LogP contribution in [0.5, 0.6) is 5.75 Å². The van der Waals surface area contributed by atoms with Crippen molar-refractivity contribution < 1.29 is 9.53 Å². The molecule has 0 saturated carbocycles. The molecule has 1 N–H and O–H groups in total. The zero-order valence-corrected chi connectivity index (χ0v) is 18.0. The minimum atomic E-state index is 0.205. The SMILES string of the molecule is CCNC(=NCCCC(=O)N1Cc2ccccc2C1)N(C)CCOc1ccccc1. The van der Waals surface area contributed by atoms with E-state index in [1.165, 1.54) is 11.1 Å². The van der Waals surface area contributed by atoms with Gasteiger partial charge in [-0.05, 0) is 36.6 Å². The van der Waals surface area contributed by atoms with Crippen LogP contribution in [0.3, 0.4) is 0 Å². The lowest BCUT2D eigenvalue weighted by Crippen LogP contribution is -2.41. The molecule has 3 rings (SSSR count). The number of aliphatic imine (C=N–C) groups is 1. The zero-order valence-electron chi connectivity index (χ0n) is 18.0. The fraction of sp³-hybridized carbons (Fsp3) is 0.417. The maximum Gasteiger partial charge on any atom is 0.223 e. The number of ether oxygens (including phenoxy) is 1. The molecular weight excluding hydrogens is 376 g/mol. The van der Waals surface area contributed by atoms with E-state index in [4.69, 9.17) is 4.74 Å². The number of rotatable bonds is 9. The van der Waals surface area contributed by atoms with Crippen molar-refractivity contribution in [2.75, 3.05) is 33.3 Å². The number of amides is 1. The van der Waals surface area contributed by atoms with Crippen molar-refractivity contribution in [3.63, 3.8) is 0 Å². The number of likely N-dealkylation sites (N-methyl/N-ethyl adjacent to an activating group) is 1. The molecule has 2 aromatic carbocycles. The first-order valence-corrected chi connectivity index (χ1v) is 10.7. The van der Waals surface area contributed by atoms with Crippen molar-refractivity contribution in [1.29, 1.82) is 0 Å². The number of guanidine groups is 1. The summed E-state index contributed by atoms with van der Waals surface area (Å²) >= 11 is 0. The average molecular weight is 409 g/mol. The van der Waals surface area contributed by atoms with Gasteiger partial charge in [-0.15, -0.1) is 0 Å². The van der Waals surface area contributed by atoms with Gasteiger partial charge in [-0.3, -0.25) is 9.79 Å². The normalized spacial score (nSPS) is 13.1. The summed E-state index contributed by atoms with van der Waals surface area (Å²) in [7, 11) is 2.00. The van der Waals surface area contributed by atoms with Crippen LogP contribution in [-0.2, 0) is 17.9 Å². The third-order valence-electron chi connectivity index (χ3n) is 5.14. The van der Waals surface area contributed by atoms with E-state index in [-0.39, 0.29) is 5.91 Å². The van der Waals surface area contributed by atoms with Gasteiger partial charge in [0.25, 0.3) is 0 Å². The highest BCUT2D eigenvalue weighted by Crippen LogP contribution is 2.22. The number of benzene rings is 2. The first-order valence-electron chi connectivity index (χ1n) is 10.7. The van der Waals surface area contributed by atoms with Crippen LogP contribution in [0.1, 0.15) is 30.9 Å². The van der Waals surface area contributed by atoms with Crippen LogP contribution in [0.25, 0.3) is 0 Å². The molecule has 0 atom stereocenters. The van der Waals surface area contributed by atoms with Gasteiger partial charge in [0.1, 0.15) is 12.4 Å². The number of nitrogens with one attached hydrogen (secondary N) is 1. The van der Waals surface area contributed by atoms with Gasteiger partial charge in [0.2, 0.25) is 5.91 Å². The largest absolute Gasteiger partial charge is 0.492 e. The summed E-state index contributed by atoms with van der Waals surface area (Å²) in [6.07, 6.45) is 1.27. The molecule has 0 aromatic heterocycles. The van der Waals surface area contributed by atoms with Crippen molar-refractivity contribution >= 4 is 11.9 Å². The first-order chi connectivity index (χ1) is 14.7. The van der Waals surface area contributed by atoms with Crippen LogP contribution in [0.15, 0.2) is 59.6 Å². The molecule has 1 heterocycles. The molecule has 1 amide bonds. The summed E-state index contributed by atoms with van der Waals surface area (Å²) in [5.74, 6) is 1.92. The zero-order chi connectivity index (χ0) is 21.2. The van der Waals surface area contributed by atoms with E-state index in [1.54, 1.807) is 0 Å². The molecule has 0 bridgehead atoms. The Bertz CT molecular complexity index is 813. The molecule has 6 nitrogen and oxygen atoms in total. The Labute approximate surface area is 179 Å². The smallest absolute Gasteiger partial charge is 0.223 e. The average Bonchev–Trinajstić information content (AvgIpc) is 3.21. The molecule has 0 fully saturated rings. The lowest BCUT2D eigenvalue weighted by molar-refractivity contribution is -0.131. The van der Waals surface area contributed by atoms with Gasteiger partial charge >= 0.3 is 0 Å². The molecule has 0 saturated heterocycles. The fourth-order valence-corrected chi connectivity index (χ4v) is 3.48. The van der Waals surface area contributed by atoms with E-state index >= 15 is 0 Å². The second kappa shape index (κ2) is 11.2. The maximum absolute atomic E-state index is 12.5. The van der Waals surface area contributed by atoms with Crippen LogP contribution < -0.4 is 10.1 Å². The number of fused-ring (bicyclic) bond motifs is 1. The Kier molecular flexibility index (Phi) is 8.12. The van der Waals surface area contributed by atoms with E-state index in [2.05, 4.69) is 34.3 Å². The number of para-hydroxylation sites is 1. The summed E-state index contributed by atoms with van der Waals surface area (Å²) in [5.41, 5.74) is 2.52. The summed E-state index contributed by atoms with van der Waals surface area (Å²) in [5, 5.41) is 3.31. The first kappa shape index (κ1) is 21.7. The van der Waals surface area contributed by atoms with Crippen LogP contribution in [0, 0.1) is 0 Å². The standard InChI is InChI=1S/C24H32N4O2/c1-3-25-24(27(2)16-17-30-22-12-5-4-6-13-22)26-15-9-14-23(29)28-18-20-10-7-8-11-21(20)19-28/h4-8,10-13H,3,9,14-19H2,1-2H3,(H,25,26). The molecule has 1 aliphatic rings. The molecule has 30 heavy (non-hydrogen) atoms. The molecule has 6 heteroatoms. The highest BCUT2D eigenvalue weighted by atomic mass is 16.5. The van der Waals surface area contributed by atoms with Crippen molar-refractivity contribution in [2.45, 2.75) is 32.9 Å². The number of hydrogen-bond acceptors (Lipinski definition) is 3. The fourth-order valence-electron chi connectivity index (χ4n) is 3.48. The maximum atomic E-state index is 12.5. The Balaban J connectivity index is 1.40. The van der Waals surface area contributed by atoms with Gasteiger partial charge in [-0.1, -0.05) is 42.5 Å². The second-order valence-electron chi connectivity index (χ2n) is 7.44. The molecule has 0 aliphatic carbocycles. The number of hydrogen-bond donors (Lipinski definition) is 1. The molecular formula is C24H32N4O2. The predicted molar refractivity (Wildman–Crippen MR) is 120 cm³/mol. The van der Waals surface area contributed by atoms with E-state index in [0.29, 0.717) is 19.6 Å². The van der Waals surface area contributed by atoms with Crippen molar-refractivity contribution in [2.24, 2.45) is 4.99 Å². The van der Waals surface area contributed by atoms with Gasteiger partial charge < -0.3 is 19.9 Å². The van der Waals surface area contributed by atoms with Crippen molar-refractivity contribution in [1.82, 2.24) is 15.1 Å². The van der Waals surface area contributed by atoms with Gasteiger partial charge in [0.05, 0.1) is 6.54 Å². The Morgan fingerprint density at radius 2 is 1.77 bits per heavy atom. The molecule has 160 valence electrons. The lowest BCUT2D eigenvalue weighted by Gasteiger charge is -2.22. The third kappa shape index (κ3) is 6.24. The molecule has 2 aromatic rings. The van der Waals surface area contributed by atoms with E-state index < -0.39 is 0 Å². The van der Waals surface area contributed by atoms with Crippen molar-refractivity contribution in [3.8, 4) is 5.75 Å². The van der Waals surface area contributed by atoms with Gasteiger partial charge in [-0.2, -0.15) is 0 Å². The van der Waals surface area contributed by atoms with E-state index in [1.807, 2.05) is 54.4 Å². The lowest BCUT2D eigenvalue weighted by atomic mass is 10.1. The minimum Gasteiger partial charge on any atom is -0.492 e. The molecule has 0 radical (unpaired) electrons. The van der Waals surface area contributed by atoms with Gasteiger partial charge in [0.15, 0.2) is 5.96 Å². The van der Waals surface area contributed by atoms with Crippen LogP contribution >= 0.6 is 0 Å². The topological polar surface area (TPSA) is 57.2 Å². The summed E-state index contributed by atoms with van der Waals surface area (Å²) in [6.45, 7) is 6.24. The van der Waals surface area contributed by atoms with E-state index in [0.717, 1.165) is 44.3 Å². The third-order valence-corrected chi connectivity index (χ3v) is 5.14.